The molecule has 0 heterocycles. The zero-order valence-electron chi connectivity index (χ0n) is 9.18. The maximum atomic E-state index is 13.7. The molecule has 94 valence electrons. The van der Waals surface area contributed by atoms with E-state index in [2.05, 4.69) is 0 Å². The van der Waals surface area contributed by atoms with Gasteiger partial charge in [-0.2, -0.15) is 13.2 Å². The number of hydrogen-bond acceptors (Lipinski definition) is 1. The molecule has 1 saturated carbocycles. The molecule has 1 nitrogen and oxygen atoms in total. The number of aliphatic hydroxyl groups is 1. The summed E-state index contributed by atoms with van der Waals surface area (Å²) < 4.78 is 50.7. The van der Waals surface area contributed by atoms with Crippen LogP contribution in [0, 0.1) is 5.82 Å². The maximum Gasteiger partial charge on any atom is 0.416 e. The number of benzene rings is 1. The second-order valence-electron chi connectivity index (χ2n) is 4.52. The number of rotatable bonds is 2. The summed E-state index contributed by atoms with van der Waals surface area (Å²) >= 11 is 0. The van der Waals surface area contributed by atoms with Crippen molar-refractivity contribution in [1.82, 2.24) is 0 Å². The number of hydrogen-bond donors (Lipinski definition) is 1. The smallest absolute Gasteiger partial charge is 0.392 e. The predicted molar refractivity (Wildman–Crippen MR) is 54.0 cm³/mol. The van der Waals surface area contributed by atoms with Gasteiger partial charge in [0, 0.05) is 5.41 Å². The molecule has 0 aromatic heterocycles. The number of alkyl halides is 3. The van der Waals surface area contributed by atoms with Gasteiger partial charge in [0.15, 0.2) is 0 Å². The first-order valence-corrected chi connectivity index (χ1v) is 5.33. The van der Waals surface area contributed by atoms with Gasteiger partial charge in [0.25, 0.3) is 0 Å². The predicted octanol–water partition coefficient (Wildman–Crippen LogP) is 3.26. The van der Waals surface area contributed by atoms with Crippen molar-refractivity contribution in [3.8, 4) is 0 Å². The van der Waals surface area contributed by atoms with Crippen LogP contribution in [0.5, 0.6) is 0 Å². The highest BCUT2D eigenvalue weighted by Crippen LogP contribution is 2.52. The molecule has 1 aliphatic carbocycles. The molecular formula is C12H12F4O. The minimum atomic E-state index is -4.54. The van der Waals surface area contributed by atoms with Crippen molar-refractivity contribution in [3.63, 3.8) is 0 Å². The molecule has 2 rings (SSSR count). The van der Waals surface area contributed by atoms with Gasteiger partial charge in [-0.05, 0) is 37.5 Å². The summed E-state index contributed by atoms with van der Waals surface area (Å²) in [5.41, 5.74) is -1.51. The summed E-state index contributed by atoms with van der Waals surface area (Å²) in [5, 5.41) is 9.56. The van der Waals surface area contributed by atoms with Gasteiger partial charge in [0.1, 0.15) is 5.82 Å². The van der Waals surface area contributed by atoms with Gasteiger partial charge < -0.3 is 5.11 Å². The lowest BCUT2D eigenvalue weighted by Crippen LogP contribution is -2.24. The zero-order chi connectivity index (χ0) is 12.8. The van der Waals surface area contributed by atoms with Crippen LogP contribution in [-0.4, -0.2) is 11.2 Å². The van der Waals surface area contributed by atoms with Gasteiger partial charge in [0.2, 0.25) is 0 Å². The second-order valence-corrected chi connectivity index (χ2v) is 4.52. The Bertz CT molecular complexity index is 433. The fourth-order valence-electron chi connectivity index (χ4n) is 2.14. The van der Waals surface area contributed by atoms with E-state index in [0.717, 1.165) is 12.1 Å². The Kier molecular flexibility index (Phi) is 2.69. The Morgan fingerprint density at radius 2 is 1.88 bits per heavy atom. The van der Waals surface area contributed by atoms with Gasteiger partial charge in [0.05, 0.1) is 11.7 Å². The molecule has 1 aromatic carbocycles. The van der Waals surface area contributed by atoms with Crippen LogP contribution in [0.2, 0.25) is 0 Å². The third-order valence-electron chi connectivity index (χ3n) is 3.42. The van der Waals surface area contributed by atoms with Crippen molar-refractivity contribution < 1.29 is 22.7 Å². The highest BCUT2D eigenvalue weighted by atomic mass is 19.4. The summed E-state index contributed by atoms with van der Waals surface area (Å²) in [6.07, 6.45) is -4.09. The lowest BCUT2D eigenvalue weighted by molar-refractivity contribution is -0.137. The van der Waals surface area contributed by atoms with Crippen molar-refractivity contribution in [1.29, 1.82) is 0 Å². The molecule has 1 aliphatic rings. The first kappa shape index (κ1) is 12.4. The van der Waals surface area contributed by atoms with Crippen LogP contribution in [0.1, 0.15) is 30.9 Å². The van der Waals surface area contributed by atoms with Crippen LogP contribution in [0.3, 0.4) is 0 Å². The average Bonchev–Trinajstić information content (AvgIpc) is 2.96. The molecule has 0 aliphatic heterocycles. The largest absolute Gasteiger partial charge is 0.416 e. The Labute approximate surface area is 96.1 Å². The van der Waals surface area contributed by atoms with Crippen LogP contribution < -0.4 is 0 Å². The van der Waals surface area contributed by atoms with Crippen molar-refractivity contribution in [2.24, 2.45) is 0 Å². The van der Waals surface area contributed by atoms with E-state index >= 15 is 0 Å². The molecule has 0 saturated heterocycles. The van der Waals surface area contributed by atoms with Crippen molar-refractivity contribution in [3.05, 3.63) is 35.1 Å². The van der Waals surface area contributed by atoms with Gasteiger partial charge in [-0.25, -0.2) is 4.39 Å². The Morgan fingerprint density at radius 3 is 2.24 bits per heavy atom. The summed E-state index contributed by atoms with van der Waals surface area (Å²) in [5.74, 6) is -0.891. The maximum absolute atomic E-state index is 13.7. The molecule has 0 radical (unpaired) electrons. The van der Waals surface area contributed by atoms with Gasteiger partial charge >= 0.3 is 6.18 Å². The van der Waals surface area contributed by atoms with Crippen LogP contribution in [-0.2, 0) is 11.6 Å². The van der Waals surface area contributed by atoms with E-state index in [4.69, 9.17) is 0 Å². The molecule has 5 heteroatoms. The molecule has 1 aromatic rings. The standard InChI is InChI=1S/C12H12F4O/c1-7(17)11(4-5-11)9-3-2-8(6-10(9)13)12(14,15)16/h2-3,6-7,17H,4-5H2,1H3. The SMILES string of the molecule is CC(O)C1(c2ccc(C(F)(F)F)cc2F)CC1. The van der Waals surface area contributed by atoms with Gasteiger partial charge in [-0.15, -0.1) is 0 Å². The first-order valence-electron chi connectivity index (χ1n) is 5.33. The second kappa shape index (κ2) is 3.70. The Hall–Kier alpha value is -1.10. The van der Waals surface area contributed by atoms with E-state index in [1.165, 1.54) is 6.92 Å². The van der Waals surface area contributed by atoms with Crippen molar-refractivity contribution >= 4 is 0 Å². The van der Waals surface area contributed by atoms with E-state index in [1.54, 1.807) is 0 Å². The molecule has 1 N–H and O–H groups in total. The van der Waals surface area contributed by atoms with Crippen LogP contribution >= 0.6 is 0 Å². The fraction of sp³-hybridized carbons (Fsp3) is 0.500. The van der Waals surface area contributed by atoms with Gasteiger partial charge in [-0.1, -0.05) is 6.07 Å². The normalized spacial score (nSPS) is 20.1. The third kappa shape index (κ3) is 2.04. The highest BCUT2D eigenvalue weighted by Gasteiger charge is 2.50. The van der Waals surface area contributed by atoms with E-state index in [1.807, 2.05) is 0 Å². The number of aliphatic hydroxyl groups excluding tert-OH is 1. The van der Waals surface area contributed by atoms with Crippen molar-refractivity contribution in [2.75, 3.05) is 0 Å². The minimum absolute atomic E-state index is 0.181. The third-order valence-corrected chi connectivity index (χ3v) is 3.42. The van der Waals surface area contributed by atoms with E-state index in [9.17, 15) is 22.7 Å². The molecule has 17 heavy (non-hydrogen) atoms. The fourth-order valence-corrected chi connectivity index (χ4v) is 2.14. The lowest BCUT2D eigenvalue weighted by atomic mass is 9.89. The Balaban J connectivity index is 2.40. The van der Waals surface area contributed by atoms with E-state index in [-0.39, 0.29) is 5.56 Å². The summed E-state index contributed by atoms with van der Waals surface area (Å²) in [6, 6.07) is 2.50. The van der Waals surface area contributed by atoms with Crippen LogP contribution in [0.4, 0.5) is 17.6 Å². The van der Waals surface area contributed by atoms with Gasteiger partial charge in [-0.3, -0.25) is 0 Å². The molecular weight excluding hydrogens is 236 g/mol. The van der Waals surface area contributed by atoms with Crippen molar-refractivity contribution in [2.45, 2.75) is 37.5 Å². The summed E-state index contributed by atoms with van der Waals surface area (Å²) in [7, 11) is 0. The quantitative estimate of drug-likeness (QED) is 0.796. The topological polar surface area (TPSA) is 20.2 Å². The molecule has 0 spiro atoms. The zero-order valence-corrected chi connectivity index (χ0v) is 9.18. The monoisotopic (exact) mass is 248 g/mol. The molecule has 0 bridgehead atoms. The lowest BCUT2D eigenvalue weighted by Gasteiger charge is -2.20. The molecule has 1 unspecified atom stereocenters. The highest BCUT2D eigenvalue weighted by molar-refractivity contribution is 5.37. The number of halogens is 4. The summed E-state index contributed by atoms with van der Waals surface area (Å²) in [4.78, 5) is 0. The average molecular weight is 248 g/mol. The van der Waals surface area contributed by atoms with E-state index < -0.39 is 29.1 Å². The van der Waals surface area contributed by atoms with Crippen LogP contribution in [0.25, 0.3) is 0 Å². The molecule has 1 fully saturated rings. The molecule has 1 atom stereocenters. The Morgan fingerprint density at radius 1 is 1.29 bits per heavy atom. The molecule has 0 amide bonds. The summed E-state index contributed by atoms with van der Waals surface area (Å²) in [6.45, 7) is 1.53. The van der Waals surface area contributed by atoms with E-state index in [0.29, 0.717) is 18.9 Å². The first-order chi connectivity index (χ1) is 7.77. The minimum Gasteiger partial charge on any atom is -0.392 e. The van der Waals surface area contributed by atoms with Crippen LogP contribution in [0.15, 0.2) is 18.2 Å².